The smallest absolute Gasteiger partial charge is 0.303 e. The summed E-state index contributed by atoms with van der Waals surface area (Å²) in [4.78, 5) is 24.1. The van der Waals surface area contributed by atoms with E-state index >= 15 is 0 Å². The van der Waals surface area contributed by atoms with Crippen molar-refractivity contribution in [1.82, 2.24) is 4.57 Å². The first-order valence-corrected chi connectivity index (χ1v) is 9.83. The minimum atomic E-state index is -0.877. The predicted molar refractivity (Wildman–Crippen MR) is 117 cm³/mol. The lowest BCUT2D eigenvalue weighted by Crippen LogP contribution is -2.25. The van der Waals surface area contributed by atoms with Crippen molar-refractivity contribution in [3.63, 3.8) is 0 Å². The molecule has 29 heavy (non-hydrogen) atoms. The minimum Gasteiger partial charge on any atom is -0.481 e. The highest BCUT2D eigenvalue weighted by molar-refractivity contribution is 6.32. The summed E-state index contributed by atoms with van der Waals surface area (Å²) in [6.45, 7) is 0.411. The molecule has 1 aromatic heterocycles. The Morgan fingerprint density at radius 3 is 2.31 bits per heavy atom. The zero-order valence-electron chi connectivity index (χ0n) is 15.9. The molecule has 0 saturated carbocycles. The molecule has 2 aromatic carbocycles. The number of carboxylic acids is 1. The van der Waals surface area contributed by atoms with Crippen LogP contribution in [0.15, 0.2) is 71.7 Å². The summed E-state index contributed by atoms with van der Waals surface area (Å²) in [5.74, 6) is -0.877. The van der Waals surface area contributed by atoms with Gasteiger partial charge in [-0.2, -0.15) is 0 Å². The first kappa shape index (κ1) is 20.6. The van der Waals surface area contributed by atoms with E-state index in [0.717, 1.165) is 11.1 Å². The van der Waals surface area contributed by atoms with E-state index < -0.39 is 5.97 Å². The predicted octanol–water partition coefficient (Wildman–Crippen LogP) is 5.13. The third-order valence-corrected chi connectivity index (χ3v) is 4.93. The zero-order chi connectivity index (χ0) is 20.6. The Morgan fingerprint density at radius 2 is 1.66 bits per heavy atom. The molecule has 0 spiro atoms. The number of nitrogens with zero attached hydrogens (tertiary/aromatic N) is 1. The van der Waals surface area contributed by atoms with Gasteiger partial charge in [0.05, 0.1) is 11.6 Å². The Bertz CT molecular complexity index is 1060. The summed E-state index contributed by atoms with van der Waals surface area (Å²) in [6, 6.07) is 19.4. The lowest BCUT2D eigenvalue weighted by Gasteiger charge is -2.13. The summed E-state index contributed by atoms with van der Waals surface area (Å²) < 4.78 is 1.59. The molecule has 0 radical (unpaired) electrons. The van der Waals surface area contributed by atoms with Crippen LogP contribution in [0.5, 0.6) is 0 Å². The molecule has 148 valence electrons. The number of aliphatic carboxylic acids is 1. The molecule has 0 fully saturated rings. The van der Waals surface area contributed by atoms with Crippen LogP contribution in [0.2, 0.25) is 5.02 Å². The number of hydrogen-bond donors (Lipinski definition) is 1. The van der Waals surface area contributed by atoms with E-state index in [9.17, 15) is 9.59 Å². The van der Waals surface area contributed by atoms with Crippen molar-refractivity contribution in [1.29, 1.82) is 0 Å². The van der Waals surface area contributed by atoms with Crippen LogP contribution in [0.4, 0.5) is 0 Å². The number of pyridine rings is 1. The average molecular weight is 408 g/mol. The lowest BCUT2D eigenvalue weighted by molar-refractivity contribution is -0.137. The van der Waals surface area contributed by atoms with Crippen LogP contribution in [-0.4, -0.2) is 15.6 Å². The van der Waals surface area contributed by atoms with Gasteiger partial charge in [0.1, 0.15) is 0 Å². The molecule has 0 amide bonds. The van der Waals surface area contributed by atoms with Gasteiger partial charge in [-0.25, -0.2) is 0 Å². The Balaban J connectivity index is 1.99. The molecule has 0 unspecified atom stereocenters. The van der Waals surface area contributed by atoms with Gasteiger partial charge in [0.15, 0.2) is 0 Å². The molecule has 1 N–H and O–H groups in total. The molecular weight excluding hydrogens is 386 g/mol. The number of hydrogen-bond acceptors (Lipinski definition) is 2. The van der Waals surface area contributed by atoms with Crippen molar-refractivity contribution in [2.24, 2.45) is 0 Å². The van der Waals surface area contributed by atoms with Crippen LogP contribution < -0.4 is 5.56 Å². The van der Waals surface area contributed by atoms with E-state index in [0.29, 0.717) is 35.5 Å². The molecular formula is C24H22ClNO3. The maximum absolute atomic E-state index is 13.2. The quantitative estimate of drug-likeness (QED) is 0.563. The fourth-order valence-corrected chi connectivity index (χ4v) is 3.47. The molecule has 0 saturated heterocycles. The normalized spacial score (nSPS) is 11.1. The highest BCUT2D eigenvalue weighted by Crippen LogP contribution is 2.22. The molecule has 3 rings (SSSR count). The van der Waals surface area contributed by atoms with E-state index in [-0.39, 0.29) is 12.0 Å². The SMILES string of the molecule is O=C(O)CCCc1c(/C=C/c2ccccc2)c(Cl)cn(Cc2ccccc2)c1=O. The topological polar surface area (TPSA) is 59.3 Å². The van der Waals surface area contributed by atoms with Gasteiger partial charge < -0.3 is 9.67 Å². The number of carbonyl (C=O) groups is 1. The van der Waals surface area contributed by atoms with Crippen molar-refractivity contribution in [3.05, 3.63) is 104 Å². The Hall–Kier alpha value is -3.11. The van der Waals surface area contributed by atoms with Crippen molar-refractivity contribution < 1.29 is 9.90 Å². The van der Waals surface area contributed by atoms with E-state index in [4.69, 9.17) is 16.7 Å². The van der Waals surface area contributed by atoms with Gasteiger partial charge in [-0.05, 0) is 24.0 Å². The van der Waals surface area contributed by atoms with Crippen LogP contribution in [0.1, 0.15) is 35.1 Å². The van der Waals surface area contributed by atoms with Gasteiger partial charge >= 0.3 is 5.97 Å². The Kier molecular flexibility index (Phi) is 7.04. The summed E-state index contributed by atoms with van der Waals surface area (Å²) in [5.41, 5.74) is 3.04. The fourth-order valence-electron chi connectivity index (χ4n) is 3.18. The van der Waals surface area contributed by atoms with E-state index in [1.165, 1.54) is 0 Å². The minimum absolute atomic E-state index is 0.00643. The largest absolute Gasteiger partial charge is 0.481 e. The molecule has 0 atom stereocenters. The monoisotopic (exact) mass is 407 g/mol. The second kappa shape index (κ2) is 9.89. The number of rotatable bonds is 8. The van der Waals surface area contributed by atoms with Crippen molar-refractivity contribution >= 4 is 29.7 Å². The second-order valence-corrected chi connectivity index (χ2v) is 7.19. The zero-order valence-corrected chi connectivity index (χ0v) is 16.7. The molecule has 3 aromatic rings. The van der Waals surface area contributed by atoms with Crippen LogP contribution in [0.3, 0.4) is 0 Å². The standard InChI is InChI=1S/C24H22ClNO3/c25-22-17-26(16-19-10-5-2-6-11-19)24(29)21(12-7-13-23(27)28)20(22)15-14-18-8-3-1-4-9-18/h1-6,8-11,14-15,17H,7,12-13,16H2,(H,27,28)/b15-14+. The first-order valence-electron chi connectivity index (χ1n) is 9.45. The Morgan fingerprint density at radius 1 is 1.00 bits per heavy atom. The number of carboxylic acid groups (broad SMARTS) is 1. The van der Waals surface area contributed by atoms with E-state index in [1.54, 1.807) is 10.8 Å². The molecule has 5 heteroatoms. The molecule has 0 bridgehead atoms. The fraction of sp³-hybridized carbons (Fsp3) is 0.167. The summed E-state index contributed by atoms with van der Waals surface area (Å²) >= 11 is 6.55. The van der Waals surface area contributed by atoms with Crippen LogP contribution in [0, 0.1) is 0 Å². The number of aromatic nitrogens is 1. The summed E-state index contributed by atoms with van der Waals surface area (Å²) in [5, 5.41) is 9.43. The molecule has 0 aliphatic carbocycles. The van der Waals surface area contributed by atoms with Crippen molar-refractivity contribution in [3.8, 4) is 0 Å². The molecule has 1 heterocycles. The Labute approximate surface area is 174 Å². The molecule has 0 aliphatic heterocycles. The third-order valence-electron chi connectivity index (χ3n) is 4.63. The van der Waals surface area contributed by atoms with Gasteiger partial charge in [-0.1, -0.05) is 84.4 Å². The average Bonchev–Trinajstić information content (AvgIpc) is 2.72. The van der Waals surface area contributed by atoms with Crippen LogP contribution in [0.25, 0.3) is 12.2 Å². The van der Waals surface area contributed by atoms with Gasteiger partial charge in [0, 0.05) is 23.7 Å². The first-order chi connectivity index (χ1) is 14.0. The van der Waals surface area contributed by atoms with Crippen molar-refractivity contribution in [2.75, 3.05) is 0 Å². The number of benzene rings is 2. The van der Waals surface area contributed by atoms with Gasteiger partial charge in [0.2, 0.25) is 0 Å². The van der Waals surface area contributed by atoms with Gasteiger partial charge in [-0.3, -0.25) is 9.59 Å². The molecule has 4 nitrogen and oxygen atoms in total. The van der Waals surface area contributed by atoms with Gasteiger partial charge in [-0.15, -0.1) is 0 Å². The number of halogens is 1. The second-order valence-electron chi connectivity index (χ2n) is 6.78. The van der Waals surface area contributed by atoms with Crippen LogP contribution >= 0.6 is 11.6 Å². The van der Waals surface area contributed by atoms with Crippen LogP contribution in [-0.2, 0) is 17.8 Å². The van der Waals surface area contributed by atoms with Gasteiger partial charge in [0.25, 0.3) is 5.56 Å². The third kappa shape index (κ3) is 5.69. The van der Waals surface area contributed by atoms with E-state index in [2.05, 4.69) is 0 Å². The highest BCUT2D eigenvalue weighted by atomic mass is 35.5. The highest BCUT2D eigenvalue weighted by Gasteiger charge is 2.14. The summed E-state index contributed by atoms with van der Waals surface area (Å²) in [6.07, 6.45) is 6.14. The van der Waals surface area contributed by atoms with Crippen molar-refractivity contribution in [2.45, 2.75) is 25.8 Å². The summed E-state index contributed by atoms with van der Waals surface area (Å²) in [7, 11) is 0. The maximum Gasteiger partial charge on any atom is 0.303 e. The van der Waals surface area contributed by atoms with E-state index in [1.807, 2.05) is 72.8 Å². The maximum atomic E-state index is 13.2. The lowest BCUT2D eigenvalue weighted by atomic mass is 10.0. The molecule has 0 aliphatic rings.